The minimum absolute atomic E-state index is 0.0640. The van der Waals surface area contributed by atoms with Gasteiger partial charge in [0.05, 0.1) is 15.9 Å². The number of nitrogens with zero attached hydrogens (tertiary/aromatic N) is 3. The Morgan fingerprint density at radius 2 is 1.92 bits per heavy atom. The van der Waals surface area contributed by atoms with Crippen LogP contribution >= 0.6 is 0 Å². The summed E-state index contributed by atoms with van der Waals surface area (Å²) in [6.07, 6.45) is 4.68. The van der Waals surface area contributed by atoms with Gasteiger partial charge in [-0.15, -0.1) is 0 Å². The number of rotatable bonds is 6. The van der Waals surface area contributed by atoms with Crippen LogP contribution in [-0.2, 0) is 9.53 Å². The predicted molar refractivity (Wildman–Crippen MR) is 89.4 cm³/mol. The monoisotopic (exact) mass is 350 g/mol. The quantitative estimate of drug-likeness (QED) is 0.360. The third-order valence-electron chi connectivity index (χ3n) is 3.91. The lowest BCUT2D eigenvalue weighted by atomic mass is 9.88. The van der Waals surface area contributed by atoms with Crippen LogP contribution in [0.1, 0.15) is 32.6 Å². The number of nitro groups is 2. The van der Waals surface area contributed by atoms with Gasteiger partial charge in [-0.25, -0.2) is 0 Å². The average Bonchev–Trinajstić information content (AvgIpc) is 2.55. The van der Waals surface area contributed by atoms with E-state index in [4.69, 9.17) is 4.74 Å². The van der Waals surface area contributed by atoms with Crippen molar-refractivity contribution < 1.29 is 19.4 Å². The van der Waals surface area contributed by atoms with Crippen molar-refractivity contribution in [2.45, 2.75) is 38.7 Å². The van der Waals surface area contributed by atoms with Crippen molar-refractivity contribution in [2.24, 2.45) is 11.0 Å². The summed E-state index contributed by atoms with van der Waals surface area (Å²) in [4.78, 5) is 31.3. The average molecular weight is 350 g/mol. The highest BCUT2D eigenvalue weighted by Gasteiger charge is 2.22. The number of carbonyl (C=O) groups is 1. The van der Waals surface area contributed by atoms with Crippen LogP contribution in [-0.4, -0.2) is 28.1 Å². The number of hydrogen-bond donors (Lipinski definition) is 1. The molecule has 1 aromatic carbocycles. The van der Waals surface area contributed by atoms with Crippen molar-refractivity contribution in [1.82, 2.24) is 0 Å². The lowest BCUT2D eigenvalue weighted by Gasteiger charge is -2.25. The maximum atomic E-state index is 11.0. The SMILES string of the molecule is CC(=O)OC1CCC(C=NNc2ccc([N+](=O)[O-])cc2[N+](=O)[O-])CC1. The van der Waals surface area contributed by atoms with Crippen LogP contribution in [0.3, 0.4) is 0 Å². The Balaban J connectivity index is 1.95. The van der Waals surface area contributed by atoms with Gasteiger partial charge in [-0.1, -0.05) is 0 Å². The molecule has 1 aromatic rings. The van der Waals surface area contributed by atoms with Gasteiger partial charge in [0.25, 0.3) is 5.69 Å². The number of non-ortho nitro benzene ring substituents is 1. The molecule has 0 atom stereocenters. The first-order valence-corrected chi connectivity index (χ1v) is 7.76. The van der Waals surface area contributed by atoms with Gasteiger partial charge in [-0.2, -0.15) is 5.10 Å². The molecule has 0 heterocycles. The number of carbonyl (C=O) groups excluding carboxylic acids is 1. The minimum atomic E-state index is -0.699. The highest BCUT2D eigenvalue weighted by molar-refractivity contribution is 5.68. The van der Waals surface area contributed by atoms with E-state index in [1.165, 1.54) is 19.1 Å². The van der Waals surface area contributed by atoms with E-state index in [9.17, 15) is 25.0 Å². The van der Waals surface area contributed by atoms with Crippen molar-refractivity contribution in [3.05, 3.63) is 38.4 Å². The van der Waals surface area contributed by atoms with Gasteiger partial charge in [0.1, 0.15) is 11.8 Å². The van der Waals surface area contributed by atoms with E-state index in [0.717, 1.165) is 31.7 Å². The summed E-state index contributed by atoms with van der Waals surface area (Å²) in [6, 6.07) is 3.32. The van der Waals surface area contributed by atoms with Gasteiger partial charge in [-0.05, 0) is 37.7 Å². The molecule has 0 amide bonds. The number of nitro benzene ring substituents is 2. The van der Waals surface area contributed by atoms with E-state index in [0.29, 0.717) is 0 Å². The highest BCUT2D eigenvalue weighted by Crippen LogP contribution is 2.29. The molecule has 1 aliphatic rings. The second-order valence-electron chi connectivity index (χ2n) is 5.75. The summed E-state index contributed by atoms with van der Waals surface area (Å²) in [6.45, 7) is 1.38. The van der Waals surface area contributed by atoms with Crippen LogP contribution in [0.25, 0.3) is 0 Å². The lowest BCUT2D eigenvalue weighted by Crippen LogP contribution is -2.24. The Bertz CT molecular complexity index is 697. The smallest absolute Gasteiger partial charge is 0.302 e. The maximum Gasteiger partial charge on any atom is 0.302 e. The normalized spacial score (nSPS) is 20.2. The molecule has 1 aliphatic carbocycles. The first-order chi connectivity index (χ1) is 11.9. The van der Waals surface area contributed by atoms with Crippen molar-refractivity contribution in [1.29, 1.82) is 0 Å². The molecular weight excluding hydrogens is 332 g/mol. The maximum absolute atomic E-state index is 11.0. The lowest BCUT2D eigenvalue weighted by molar-refractivity contribution is -0.393. The zero-order valence-electron chi connectivity index (χ0n) is 13.6. The summed E-state index contributed by atoms with van der Waals surface area (Å²) >= 11 is 0. The van der Waals surface area contributed by atoms with E-state index in [-0.39, 0.29) is 29.4 Å². The molecule has 1 fully saturated rings. The number of hydrogen-bond acceptors (Lipinski definition) is 8. The summed E-state index contributed by atoms with van der Waals surface area (Å²) in [5.41, 5.74) is 1.89. The van der Waals surface area contributed by atoms with E-state index in [1.807, 2.05) is 0 Å². The van der Waals surface area contributed by atoms with Crippen LogP contribution in [0.5, 0.6) is 0 Å². The summed E-state index contributed by atoms with van der Waals surface area (Å²) in [5, 5.41) is 25.7. The zero-order chi connectivity index (χ0) is 18.4. The minimum Gasteiger partial charge on any atom is -0.463 e. The summed E-state index contributed by atoms with van der Waals surface area (Å²) in [5.74, 6) is -0.110. The number of benzene rings is 1. The third-order valence-corrected chi connectivity index (χ3v) is 3.91. The molecule has 10 heteroatoms. The van der Waals surface area contributed by atoms with Crippen molar-refractivity contribution in [2.75, 3.05) is 5.43 Å². The highest BCUT2D eigenvalue weighted by atomic mass is 16.6. The molecule has 134 valence electrons. The van der Waals surface area contributed by atoms with Crippen LogP contribution in [0, 0.1) is 26.1 Å². The molecule has 0 bridgehead atoms. The van der Waals surface area contributed by atoms with E-state index in [2.05, 4.69) is 10.5 Å². The molecule has 10 nitrogen and oxygen atoms in total. The van der Waals surface area contributed by atoms with Crippen LogP contribution < -0.4 is 5.43 Å². The van der Waals surface area contributed by atoms with Crippen LogP contribution in [0.4, 0.5) is 17.1 Å². The molecule has 0 radical (unpaired) electrons. The number of hydrazone groups is 1. The Morgan fingerprint density at radius 3 is 2.48 bits per heavy atom. The summed E-state index contributed by atoms with van der Waals surface area (Å²) < 4.78 is 5.16. The Morgan fingerprint density at radius 1 is 1.24 bits per heavy atom. The number of esters is 1. The molecule has 0 unspecified atom stereocenters. The largest absolute Gasteiger partial charge is 0.463 e. The van der Waals surface area contributed by atoms with Gasteiger partial charge in [-0.3, -0.25) is 30.4 Å². The fraction of sp³-hybridized carbons (Fsp3) is 0.467. The van der Waals surface area contributed by atoms with Gasteiger partial charge in [0, 0.05) is 19.2 Å². The molecule has 1 N–H and O–H groups in total. The standard InChI is InChI=1S/C15H18N4O6/c1-10(20)25-13-5-2-11(3-6-13)9-16-17-14-7-4-12(18(21)22)8-15(14)19(23)24/h4,7-9,11,13,17H,2-3,5-6H2,1H3. The van der Waals surface area contributed by atoms with Gasteiger partial charge >= 0.3 is 11.7 Å². The predicted octanol–water partition coefficient (Wildman–Crippen LogP) is 3.02. The van der Waals surface area contributed by atoms with Gasteiger partial charge < -0.3 is 4.74 Å². The molecule has 0 spiro atoms. The van der Waals surface area contributed by atoms with E-state index < -0.39 is 15.5 Å². The van der Waals surface area contributed by atoms with Crippen LogP contribution in [0.15, 0.2) is 23.3 Å². The molecule has 0 saturated heterocycles. The number of nitrogens with one attached hydrogen (secondary N) is 1. The fourth-order valence-corrected chi connectivity index (χ4v) is 2.68. The second-order valence-corrected chi connectivity index (χ2v) is 5.75. The Hall–Kier alpha value is -3.04. The number of ether oxygens (including phenoxy) is 1. The molecule has 0 aliphatic heterocycles. The third kappa shape index (κ3) is 5.23. The topological polar surface area (TPSA) is 137 Å². The molecule has 25 heavy (non-hydrogen) atoms. The molecular formula is C15H18N4O6. The molecule has 1 saturated carbocycles. The summed E-state index contributed by atoms with van der Waals surface area (Å²) in [7, 11) is 0. The molecule has 2 rings (SSSR count). The van der Waals surface area contributed by atoms with Gasteiger partial charge in [0.15, 0.2) is 0 Å². The second kappa shape index (κ2) is 8.18. The van der Waals surface area contributed by atoms with Crippen molar-refractivity contribution >= 4 is 29.2 Å². The van der Waals surface area contributed by atoms with Crippen molar-refractivity contribution in [3.63, 3.8) is 0 Å². The zero-order valence-corrected chi connectivity index (χ0v) is 13.6. The first kappa shape index (κ1) is 18.3. The van der Waals surface area contributed by atoms with Gasteiger partial charge in [0.2, 0.25) is 0 Å². The van der Waals surface area contributed by atoms with E-state index in [1.54, 1.807) is 6.21 Å². The molecule has 0 aromatic heterocycles. The Kier molecular flexibility index (Phi) is 5.98. The number of anilines is 1. The fourth-order valence-electron chi connectivity index (χ4n) is 2.68. The van der Waals surface area contributed by atoms with Crippen LogP contribution in [0.2, 0.25) is 0 Å². The Labute approximate surface area is 143 Å². The van der Waals surface area contributed by atoms with E-state index >= 15 is 0 Å². The first-order valence-electron chi connectivity index (χ1n) is 7.76. The van der Waals surface area contributed by atoms with Crippen molar-refractivity contribution in [3.8, 4) is 0 Å².